The first-order valence-electron chi connectivity index (χ1n) is 4.52. The molecule has 1 fully saturated rings. The molecule has 1 rings (SSSR count). The summed E-state index contributed by atoms with van der Waals surface area (Å²) in [5.74, 6) is -2.32. The summed E-state index contributed by atoms with van der Waals surface area (Å²) in [6.07, 6.45) is -6.34. The third-order valence-corrected chi connectivity index (χ3v) is 2.41. The maximum atomic E-state index is 9.74. The highest BCUT2D eigenvalue weighted by molar-refractivity contribution is 4.96. The van der Waals surface area contributed by atoms with Crippen molar-refractivity contribution in [2.75, 3.05) is 13.2 Å². The second kappa shape index (κ2) is 4.93. The molecule has 0 aromatic carbocycles. The van der Waals surface area contributed by atoms with Crippen LogP contribution in [-0.2, 0) is 4.74 Å². The topological polar surface area (TPSA) is 159 Å². The van der Waals surface area contributed by atoms with E-state index in [0.29, 0.717) is 0 Å². The Bertz CT molecular complexity index is 294. The molecule has 1 aliphatic rings. The molecule has 0 saturated carbocycles. The minimum atomic E-state index is -2.32. The quantitative estimate of drug-likeness (QED) is 0.206. The van der Waals surface area contributed by atoms with Crippen molar-refractivity contribution < 1.29 is 30.3 Å². The zero-order valence-electron chi connectivity index (χ0n) is 8.21. The Labute approximate surface area is 90.1 Å². The number of azide groups is 1. The van der Waals surface area contributed by atoms with Crippen molar-refractivity contribution in [1.29, 1.82) is 0 Å². The van der Waals surface area contributed by atoms with Gasteiger partial charge in [-0.1, -0.05) is 5.11 Å². The predicted molar refractivity (Wildman–Crippen MR) is 48.9 cm³/mol. The van der Waals surface area contributed by atoms with Gasteiger partial charge in [0.25, 0.3) is 0 Å². The largest absolute Gasteiger partial charge is 0.394 e. The lowest BCUT2D eigenvalue weighted by Crippen LogP contribution is -2.66. The van der Waals surface area contributed by atoms with E-state index in [4.69, 9.17) is 15.4 Å². The zero-order valence-corrected chi connectivity index (χ0v) is 8.21. The summed E-state index contributed by atoms with van der Waals surface area (Å²) in [6, 6.07) is 0. The van der Waals surface area contributed by atoms with Crippen molar-refractivity contribution in [1.82, 2.24) is 0 Å². The van der Waals surface area contributed by atoms with Crippen LogP contribution in [-0.4, -0.2) is 68.9 Å². The fraction of sp³-hybridized carbons (Fsp3) is 1.00. The third-order valence-electron chi connectivity index (χ3n) is 2.41. The molecular formula is C7H13N3O6. The van der Waals surface area contributed by atoms with Gasteiger partial charge in [0, 0.05) is 4.91 Å². The Hall–Kier alpha value is -0.930. The first-order chi connectivity index (χ1) is 7.46. The standard InChI is InChI=1S/C7H13N3O6/c8-10-9-2-7(15)6(14)5(13)4(12)3(1-11)16-7/h3-6,11-15H,1-2H2/t3-,4-,5+,6-,7+/m0/s1. The lowest BCUT2D eigenvalue weighted by Gasteiger charge is -2.44. The average molecular weight is 235 g/mol. The minimum Gasteiger partial charge on any atom is -0.394 e. The van der Waals surface area contributed by atoms with E-state index >= 15 is 0 Å². The maximum Gasteiger partial charge on any atom is 0.200 e. The van der Waals surface area contributed by atoms with Crippen LogP contribution in [0.5, 0.6) is 0 Å². The van der Waals surface area contributed by atoms with Crippen LogP contribution in [0.1, 0.15) is 0 Å². The minimum absolute atomic E-state index is 0.648. The monoisotopic (exact) mass is 235 g/mol. The molecule has 0 radical (unpaired) electrons. The van der Waals surface area contributed by atoms with Gasteiger partial charge in [0.1, 0.15) is 24.4 Å². The van der Waals surface area contributed by atoms with Crippen LogP contribution < -0.4 is 0 Å². The van der Waals surface area contributed by atoms with E-state index in [2.05, 4.69) is 10.0 Å². The van der Waals surface area contributed by atoms with Gasteiger partial charge >= 0.3 is 0 Å². The van der Waals surface area contributed by atoms with E-state index < -0.39 is 43.4 Å². The van der Waals surface area contributed by atoms with Crippen molar-refractivity contribution in [2.24, 2.45) is 5.11 Å². The fourth-order valence-corrected chi connectivity index (χ4v) is 1.48. The van der Waals surface area contributed by atoms with E-state index in [0.717, 1.165) is 0 Å². The summed E-state index contributed by atoms with van der Waals surface area (Å²) in [6.45, 7) is -1.31. The lowest BCUT2D eigenvalue weighted by atomic mass is 9.93. The van der Waals surface area contributed by atoms with Gasteiger partial charge in [-0.15, -0.1) is 0 Å². The van der Waals surface area contributed by atoms with Gasteiger partial charge in [-0.05, 0) is 5.53 Å². The van der Waals surface area contributed by atoms with Gasteiger partial charge in [0.05, 0.1) is 13.2 Å². The van der Waals surface area contributed by atoms with Gasteiger partial charge in [-0.2, -0.15) is 0 Å². The van der Waals surface area contributed by atoms with Crippen LogP contribution in [0, 0.1) is 0 Å². The number of rotatable bonds is 3. The van der Waals surface area contributed by atoms with Crippen molar-refractivity contribution in [2.45, 2.75) is 30.2 Å². The molecule has 0 unspecified atom stereocenters. The van der Waals surface area contributed by atoms with Crippen LogP contribution in [0.4, 0.5) is 0 Å². The molecule has 5 N–H and O–H groups in total. The lowest BCUT2D eigenvalue weighted by molar-refractivity contribution is -0.344. The van der Waals surface area contributed by atoms with E-state index in [1.807, 2.05) is 0 Å². The number of aliphatic hydroxyl groups is 5. The number of aliphatic hydroxyl groups excluding tert-OH is 4. The van der Waals surface area contributed by atoms with Crippen molar-refractivity contribution in [3.63, 3.8) is 0 Å². The highest BCUT2D eigenvalue weighted by atomic mass is 16.7. The molecule has 0 aromatic rings. The summed E-state index contributed by atoms with van der Waals surface area (Å²) >= 11 is 0. The molecule has 1 heterocycles. The van der Waals surface area contributed by atoms with Crippen LogP contribution in [0.25, 0.3) is 10.4 Å². The van der Waals surface area contributed by atoms with Crippen molar-refractivity contribution in [3.05, 3.63) is 10.4 Å². The SMILES string of the molecule is [N-]=[N+]=NC[C@@]1(O)O[C@@H](CO)[C@H](O)[C@@H](O)[C@@H]1O. The van der Waals surface area contributed by atoms with Gasteiger partial charge in [0.15, 0.2) is 0 Å². The number of hydrogen-bond donors (Lipinski definition) is 5. The molecule has 1 saturated heterocycles. The maximum absolute atomic E-state index is 9.74. The molecule has 1 aliphatic heterocycles. The summed E-state index contributed by atoms with van der Waals surface area (Å²) in [7, 11) is 0. The highest BCUT2D eigenvalue weighted by Gasteiger charge is 2.52. The molecule has 0 spiro atoms. The van der Waals surface area contributed by atoms with Gasteiger partial charge in [-0.25, -0.2) is 0 Å². The Kier molecular flexibility index (Phi) is 4.05. The van der Waals surface area contributed by atoms with Crippen molar-refractivity contribution >= 4 is 0 Å². The van der Waals surface area contributed by atoms with Gasteiger partial charge in [-0.3, -0.25) is 0 Å². The smallest absolute Gasteiger partial charge is 0.200 e. The van der Waals surface area contributed by atoms with Crippen LogP contribution in [0.2, 0.25) is 0 Å². The Balaban J connectivity index is 2.88. The molecular weight excluding hydrogens is 222 g/mol. The molecule has 0 amide bonds. The molecule has 16 heavy (non-hydrogen) atoms. The van der Waals surface area contributed by atoms with E-state index in [9.17, 15) is 20.4 Å². The number of ether oxygens (including phenoxy) is 1. The van der Waals surface area contributed by atoms with Crippen LogP contribution in [0.15, 0.2) is 5.11 Å². The number of hydrogen-bond acceptors (Lipinski definition) is 7. The number of nitrogens with zero attached hydrogens (tertiary/aromatic N) is 3. The van der Waals surface area contributed by atoms with Gasteiger partial charge < -0.3 is 30.3 Å². The molecule has 0 aromatic heterocycles. The molecule has 9 nitrogen and oxygen atoms in total. The molecule has 5 atom stereocenters. The first-order valence-corrected chi connectivity index (χ1v) is 4.52. The Morgan fingerprint density at radius 2 is 1.94 bits per heavy atom. The zero-order chi connectivity index (χ0) is 12.3. The average Bonchev–Trinajstić information content (AvgIpc) is 2.29. The second-order valence-corrected chi connectivity index (χ2v) is 3.50. The molecule has 0 bridgehead atoms. The highest BCUT2D eigenvalue weighted by Crippen LogP contribution is 2.28. The Morgan fingerprint density at radius 1 is 1.31 bits per heavy atom. The second-order valence-electron chi connectivity index (χ2n) is 3.50. The summed E-state index contributed by atoms with van der Waals surface area (Å²) in [5, 5.41) is 49.8. The molecule has 9 heteroatoms. The molecule has 92 valence electrons. The van der Waals surface area contributed by atoms with E-state index in [-0.39, 0.29) is 0 Å². The van der Waals surface area contributed by atoms with E-state index in [1.54, 1.807) is 0 Å². The Morgan fingerprint density at radius 3 is 2.44 bits per heavy atom. The fourth-order valence-electron chi connectivity index (χ4n) is 1.48. The van der Waals surface area contributed by atoms with Gasteiger partial charge in [0.2, 0.25) is 5.79 Å². The molecule has 0 aliphatic carbocycles. The van der Waals surface area contributed by atoms with E-state index in [1.165, 1.54) is 0 Å². The summed E-state index contributed by atoms with van der Waals surface area (Å²) in [5.41, 5.74) is 8.09. The van der Waals surface area contributed by atoms with Crippen molar-refractivity contribution in [3.8, 4) is 0 Å². The first kappa shape index (κ1) is 13.1. The summed E-state index contributed by atoms with van der Waals surface area (Å²) < 4.78 is 4.80. The predicted octanol–water partition coefficient (Wildman–Crippen LogP) is -2.54. The van der Waals surface area contributed by atoms with Crippen LogP contribution >= 0.6 is 0 Å². The third kappa shape index (κ3) is 2.25. The summed E-state index contributed by atoms with van der Waals surface area (Å²) in [4.78, 5) is 2.37. The normalized spacial score (nSPS) is 43.8. The van der Waals surface area contributed by atoms with Crippen LogP contribution in [0.3, 0.4) is 0 Å².